The smallest absolute Gasteiger partial charge is 0.550 e. The zero-order valence-corrected chi connectivity index (χ0v) is 42.2. The molecule has 3 N–H and O–H groups in total. The van der Waals surface area contributed by atoms with E-state index in [2.05, 4.69) is 26.1 Å². The molecule has 2 spiro atoms. The summed E-state index contributed by atoms with van der Waals surface area (Å²) in [7, 11) is 0. The Kier molecular flexibility index (Phi) is 17.1. The van der Waals surface area contributed by atoms with Crippen molar-refractivity contribution >= 4 is 17.7 Å². The van der Waals surface area contributed by atoms with Crippen LogP contribution in [0.3, 0.4) is 0 Å². The van der Waals surface area contributed by atoms with E-state index in [9.17, 15) is 29.7 Å². The molecule has 0 aliphatic carbocycles. The number of hydrogen-bond donors (Lipinski definition) is 3. The Morgan fingerprint density at radius 3 is 2.16 bits per heavy atom. The van der Waals surface area contributed by atoms with Gasteiger partial charge in [-0.05, 0) is 109 Å². The summed E-state index contributed by atoms with van der Waals surface area (Å²) in [5.41, 5.74) is -0.162. The second-order valence-corrected chi connectivity index (χ2v) is 20.3. The van der Waals surface area contributed by atoms with Crippen LogP contribution in [0.4, 0.5) is 0 Å². The first kappa shape index (κ1) is 52.3. The monoisotopic (exact) mass is 890 g/mol. The fourth-order valence-electron chi connectivity index (χ4n) is 11.6. The molecule has 348 valence electrons. The molecule has 5 aliphatic heterocycles. The van der Waals surface area contributed by atoms with Crippen molar-refractivity contribution in [2.24, 2.45) is 41.4 Å². The average molecular weight is 890 g/mol. The van der Waals surface area contributed by atoms with Gasteiger partial charge in [0, 0.05) is 47.5 Å². The molecule has 1 aromatic carbocycles. The molecule has 0 aromatic heterocycles. The van der Waals surface area contributed by atoms with Gasteiger partial charge in [0.15, 0.2) is 11.6 Å². The van der Waals surface area contributed by atoms with Gasteiger partial charge in [-0.2, -0.15) is 0 Å². The Morgan fingerprint density at radius 2 is 1.56 bits per heavy atom. The Hall–Kier alpha value is -1.71. The fraction of sp³-hybridized carbons (Fsp3) is 0.780. The minimum atomic E-state index is -1.35. The van der Waals surface area contributed by atoms with E-state index in [0.717, 1.165) is 12.0 Å². The third-order valence-corrected chi connectivity index (χ3v) is 16.1. The summed E-state index contributed by atoms with van der Waals surface area (Å²) in [6.07, 6.45) is 6.27. The zero-order valence-electron chi connectivity index (χ0n) is 40.2. The summed E-state index contributed by atoms with van der Waals surface area (Å²) in [6, 6.07) is 6.72. The first-order valence-corrected chi connectivity index (χ1v) is 23.8. The minimum Gasteiger partial charge on any atom is -0.550 e. The normalized spacial score (nSPS) is 40.4. The maximum Gasteiger partial charge on any atom is 1.00 e. The number of nitrogens with one attached hydrogen (secondary N) is 1. The van der Waals surface area contributed by atoms with Crippen LogP contribution in [0, 0.1) is 48.3 Å². The van der Waals surface area contributed by atoms with E-state index in [1.807, 2.05) is 72.8 Å². The Bertz CT molecular complexity index is 1780. The Labute approximate surface area is 398 Å². The van der Waals surface area contributed by atoms with Gasteiger partial charge >= 0.3 is 29.6 Å². The Balaban J connectivity index is 0.00000748. The van der Waals surface area contributed by atoms with E-state index >= 15 is 0 Å². The van der Waals surface area contributed by atoms with E-state index in [1.54, 1.807) is 19.1 Å². The molecule has 0 radical (unpaired) electrons. The van der Waals surface area contributed by atoms with Crippen molar-refractivity contribution < 1.29 is 82.9 Å². The van der Waals surface area contributed by atoms with Gasteiger partial charge in [-0.25, -0.2) is 0 Å². The number of hydrogen-bond acceptors (Lipinski definition) is 11. The van der Waals surface area contributed by atoms with Crippen molar-refractivity contribution in [1.29, 1.82) is 0 Å². The predicted molar refractivity (Wildman–Crippen MR) is 232 cm³/mol. The number of ether oxygens (including phenoxy) is 5. The first-order chi connectivity index (χ1) is 29.2. The van der Waals surface area contributed by atoms with Crippen LogP contribution in [0.25, 0.3) is 0 Å². The summed E-state index contributed by atoms with van der Waals surface area (Å²) < 4.78 is 34.6. The molecule has 6 rings (SSSR count). The van der Waals surface area contributed by atoms with Crippen LogP contribution in [0.2, 0.25) is 0 Å². The van der Waals surface area contributed by atoms with Crippen molar-refractivity contribution in [3.8, 4) is 0 Å². The largest absolute Gasteiger partial charge is 1.00 e. The predicted octanol–water partition coefficient (Wildman–Crippen LogP) is 3.60. The number of aryl methyl sites for hydroxylation is 1. The number of carboxylic acid groups (broad SMARTS) is 1. The number of carbonyl (C=O) groups excluding carboxylic acids is 3. The van der Waals surface area contributed by atoms with Gasteiger partial charge < -0.3 is 49.1 Å². The molecule has 1 aromatic rings. The topological polar surface area (TPSA) is 173 Å². The second-order valence-electron chi connectivity index (χ2n) is 20.3. The van der Waals surface area contributed by atoms with E-state index < -0.39 is 89.0 Å². The van der Waals surface area contributed by atoms with Crippen LogP contribution in [-0.2, 0) is 33.3 Å². The van der Waals surface area contributed by atoms with Gasteiger partial charge in [-0.1, -0.05) is 79.2 Å². The van der Waals surface area contributed by atoms with Gasteiger partial charge in [-0.3, -0.25) is 9.59 Å². The number of amides is 1. The maximum absolute atomic E-state index is 14.7. The van der Waals surface area contributed by atoms with E-state index in [0.29, 0.717) is 63.4 Å². The van der Waals surface area contributed by atoms with E-state index in [-0.39, 0.29) is 65.1 Å². The summed E-state index contributed by atoms with van der Waals surface area (Å²) in [6.45, 7) is 21.6. The number of aliphatic carboxylic acids is 1. The van der Waals surface area contributed by atoms with Gasteiger partial charge in [0.1, 0.15) is 11.8 Å². The molecule has 5 heterocycles. The molecular weight excluding hydrogens is 814 g/mol. The number of ketones is 1. The molecule has 0 bridgehead atoms. The number of carbonyl (C=O) groups is 3. The summed E-state index contributed by atoms with van der Waals surface area (Å²) in [5, 5.41) is 38.3. The van der Waals surface area contributed by atoms with Gasteiger partial charge in [0.05, 0.1) is 47.8 Å². The fourth-order valence-corrected chi connectivity index (χ4v) is 11.6. The molecule has 12 nitrogen and oxygen atoms in total. The number of aliphatic hydroxyl groups is 2. The number of aliphatic hydroxyl groups excluding tert-OH is 1. The second kappa shape index (κ2) is 20.7. The van der Waals surface area contributed by atoms with Crippen LogP contribution >= 0.6 is 0 Å². The molecule has 4 saturated heterocycles. The Morgan fingerprint density at radius 1 is 0.889 bits per heavy atom. The molecule has 1 amide bonds. The summed E-state index contributed by atoms with van der Waals surface area (Å²) in [5.74, 6) is -6.73. The van der Waals surface area contributed by atoms with E-state index in [4.69, 9.17) is 23.7 Å². The van der Waals surface area contributed by atoms with Crippen molar-refractivity contribution in [2.75, 3.05) is 0 Å². The molecule has 63 heavy (non-hydrogen) atoms. The third-order valence-electron chi connectivity index (χ3n) is 16.1. The molecule has 4 fully saturated rings. The van der Waals surface area contributed by atoms with Gasteiger partial charge in [0.25, 0.3) is 5.91 Å². The van der Waals surface area contributed by atoms with Crippen molar-refractivity contribution in [1.82, 2.24) is 5.32 Å². The molecule has 13 heteroatoms. The molecule has 0 saturated carbocycles. The summed E-state index contributed by atoms with van der Waals surface area (Å²) in [4.78, 5) is 40.5. The van der Waals surface area contributed by atoms with Crippen LogP contribution in [0.1, 0.15) is 149 Å². The molecular formula is C50H76NNaO11. The number of Topliss-reactive ketones (excluding diaryl/α,β-unsaturated/α-hetero) is 1. The maximum atomic E-state index is 14.7. The van der Waals surface area contributed by atoms with Crippen molar-refractivity contribution in [3.05, 3.63) is 47.5 Å². The SMILES string of the molecule is CC[C@@H](C(=O)[C@@H](C)[C@@H](O)[C@H](C)[C@@H]1O[C@@H]([C@@H](CC)C(=O)[O-])CC[C@@H]1C)[C@H]1O[C@]2(C=C[C@H](NC(=O)c3ccc(C)cc3)[C@]3(CC[C@@](C)([C@H]4CC[C@](O)(CC)[C@H](C)O4)O3)O2)[C@H](C)C[C@@H]1C.[Na+]. The van der Waals surface area contributed by atoms with Crippen LogP contribution < -0.4 is 40.0 Å². The third kappa shape index (κ3) is 10.4. The quantitative estimate of drug-likeness (QED) is 0.184. The van der Waals surface area contributed by atoms with Crippen molar-refractivity contribution in [2.45, 2.75) is 206 Å². The molecule has 5 aliphatic rings. The van der Waals surface area contributed by atoms with Gasteiger partial charge in [-0.15, -0.1) is 0 Å². The van der Waals surface area contributed by atoms with Crippen LogP contribution in [-0.4, -0.2) is 93.3 Å². The van der Waals surface area contributed by atoms with Crippen LogP contribution in [0.5, 0.6) is 0 Å². The number of rotatable bonds is 14. The standard InChI is InChI=1S/C50H77NO11.Na/c1-12-36(46(55)56)38-20-17-29(5)43(59-38)33(9)41(52)32(8)42(53)37(13-2)44-30(6)27-31(7)49(60-44)24-21-39(51-45(54)35-18-15-28(4)16-19-35)50(62-49)26-25-47(11,61-50)40-22-23-48(57,14-3)34(10)58-40;/h15-16,18-19,21,24,29-34,36-41,43-44,52,57H,12-14,17,20,22-23,25-27H2,1-11H3,(H,51,54)(H,55,56);/q;+1/p-1/t29-,30-,31+,32-,33-,34-,36+,37-,38+,39-,40+,41+,43+,44-,47-,48+,49-,50-;/m0./s1. The number of benzene rings is 1. The first-order valence-electron chi connectivity index (χ1n) is 23.8. The average Bonchev–Trinajstić information content (AvgIpc) is 3.58. The van der Waals surface area contributed by atoms with Gasteiger partial charge in [0.2, 0.25) is 0 Å². The number of carboxylic acids is 1. The molecule has 18 atom stereocenters. The molecule has 0 unspecified atom stereocenters. The van der Waals surface area contributed by atoms with E-state index in [1.165, 1.54) is 0 Å². The zero-order chi connectivity index (χ0) is 45.5. The minimum absolute atomic E-state index is 0. The van der Waals surface area contributed by atoms with Crippen molar-refractivity contribution in [3.63, 3.8) is 0 Å². The summed E-state index contributed by atoms with van der Waals surface area (Å²) >= 11 is 0. The van der Waals surface area contributed by atoms with Crippen LogP contribution in [0.15, 0.2) is 36.4 Å².